The third-order valence-electron chi connectivity index (χ3n) is 3.95. The minimum Gasteiger partial charge on any atom is -0.491 e. The molecule has 0 saturated heterocycles. The molecular formula is C19H20ClN3O2. The number of hydrogen-bond donors (Lipinski definition) is 1. The van der Waals surface area contributed by atoms with Crippen LogP contribution in [0.3, 0.4) is 0 Å². The Bertz CT molecular complexity index is 934. The van der Waals surface area contributed by atoms with Crippen LogP contribution in [-0.2, 0) is 7.05 Å². The van der Waals surface area contributed by atoms with Crippen molar-refractivity contribution in [2.24, 2.45) is 7.05 Å². The number of amides is 1. The molecule has 130 valence electrons. The maximum atomic E-state index is 12.7. The molecule has 0 bridgehead atoms. The molecule has 0 atom stereocenters. The van der Waals surface area contributed by atoms with Gasteiger partial charge in [-0.05, 0) is 31.0 Å². The van der Waals surface area contributed by atoms with Crippen LogP contribution in [0.5, 0.6) is 5.75 Å². The fourth-order valence-corrected chi connectivity index (χ4v) is 3.14. The second-order valence-electron chi connectivity index (χ2n) is 5.91. The van der Waals surface area contributed by atoms with Gasteiger partial charge in [0.1, 0.15) is 11.4 Å². The highest BCUT2D eigenvalue weighted by molar-refractivity contribution is 6.39. The van der Waals surface area contributed by atoms with Crippen molar-refractivity contribution in [1.82, 2.24) is 9.55 Å². The Balaban J connectivity index is 1.93. The van der Waals surface area contributed by atoms with Gasteiger partial charge >= 0.3 is 0 Å². The molecule has 0 aliphatic rings. The Hall–Kier alpha value is -2.53. The van der Waals surface area contributed by atoms with Crippen LogP contribution in [0.1, 0.15) is 29.3 Å². The number of fused-ring (bicyclic) bond motifs is 1. The van der Waals surface area contributed by atoms with E-state index in [0.717, 1.165) is 23.0 Å². The van der Waals surface area contributed by atoms with Crippen molar-refractivity contribution < 1.29 is 9.53 Å². The number of para-hydroxylation sites is 2. The second kappa shape index (κ2) is 7.15. The van der Waals surface area contributed by atoms with Crippen LogP contribution >= 0.6 is 11.6 Å². The van der Waals surface area contributed by atoms with Crippen molar-refractivity contribution in [3.8, 4) is 5.75 Å². The summed E-state index contributed by atoms with van der Waals surface area (Å²) in [6.45, 7) is 4.57. The number of rotatable bonds is 5. The maximum absolute atomic E-state index is 12.7. The van der Waals surface area contributed by atoms with E-state index in [0.29, 0.717) is 28.6 Å². The standard InChI is InChI=1S/C19H20ClN3O2/c1-4-9-25-15-8-6-5-7-14(15)22-19(24)13-10-21-18-16(17(13)20)12(2)11-23(18)3/h5-8,10-11H,4,9H2,1-3H3,(H,22,24). The van der Waals surface area contributed by atoms with Gasteiger partial charge in [-0.15, -0.1) is 0 Å². The zero-order valence-corrected chi connectivity index (χ0v) is 15.2. The molecule has 5 nitrogen and oxygen atoms in total. The molecule has 3 rings (SSSR count). The molecule has 25 heavy (non-hydrogen) atoms. The van der Waals surface area contributed by atoms with E-state index in [1.54, 1.807) is 6.07 Å². The van der Waals surface area contributed by atoms with Gasteiger partial charge in [0.2, 0.25) is 0 Å². The summed E-state index contributed by atoms with van der Waals surface area (Å²) in [5.41, 5.74) is 2.69. The van der Waals surface area contributed by atoms with E-state index in [9.17, 15) is 4.79 Å². The van der Waals surface area contributed by atoms with Crippen LogP contribution in [0.2, 0.25) is 5.02 Å². The summed E-state index contributed by atoms with van der Waals surface area (Å²) in [4.78, 5) is 17.1. The number of halogens is 1. The molecule has 0 fully saturated rings. The Kier molecular flexibility index (Phi) is 4.95. The number of benzene rings is 1. The first-order chi connectivity index (χ1) is 12.0. The van der Waals surface area contributed by atoms with Gasteiger partial charge < -0.3 is 14.6 Å². The molecule has 1 aromatic carbocycles. The predicted octanol–water partition coefficient (Wildman–Crippen LogP) is 4.58. The van der Waals surface area contributed by atoms with Gasteiger partial charge in [-0.2, -0.15) is 0 Å². The van der Waals surface area contributed by atoms with Crippen molar-refractivity contribution >= 4 is 34.2 Å². The van der Waals surface area contributed by atoms with Gasteiger partial charge in [-0.25, -0.2) is 4.98 Å². The summed E-state index contributed by atoms with van der Waals surface area (Å²) < 4.78 is 7.57. The van der Waals surface area contributed by atoms with Crippen LogP contribution in [0.25, 0.3) is 11.0 Å². The summed E-state index contributed by atoms with van der Waals surface area (Å²) in [5.74, 6) is 0.328. The van der Waals surface area contributed by atoms with Gasteiger partial charge in [0.05, 0.1) is 22.9 Å². The van der Waals surface area contributed by atoms with Crippen LogP contribution in [0.15, 0.2) is 36.7 Å². The molecule has 2 heterocycles. The molecule has 0 saturated carbocycles. The van der Waals surface area contributed by atoms with E-state index >= 15 is 0 Å². The van der Waals surface area contributed by atoms with Crippen molar-refractivity contribution in [3.63, 3.8) is 0 Å². The Morgan fingerprint density at radius 3 is 2.88 bits per heavy atom. The van der Waals surface area contributed by atoms with Crippen molar-refractivity contribution in [3.05, 3.63) is 52.8 Å². The fourth-order valence-electron chi connectivity index (χ4n) is 2.77. The second-order valence-corrected chi connectivity index (χ2v) is 6.28. The number of hydrogen-bond acceptors (Lipinski definition) is 3. The molecule has 6 heteroatoms. The highest BCUT2D eigenvalue weighted by Crippen LogP contribution is 2.31. The number of anilines is 1. The average Bonchev–Trinajstić information content (AvgIpc) is 2.89. The molecule has 0 aliphatic carbocycles. The number of aryl methyl sites for hydroxylation is 2. The molecule has 0 aliphatic heterocycles. The number of nitrogens with one attached hydrogen (secondary N) is 1. The van der Waals surface area contributed by atoms with E-state index in [1.165, 1.54) is 6.20 Å². The topological polar surface area (TPSA) is 56.1 Å². The average molecular weight is 358 g/mol. The monoisotopic (exact) mass is 357 g/mol. The summed E-state index contributed by atoms with van der Waals surface area (Å²) >= 11 is 6.50. The molecule has 0 spiro atoms. The summed E-state index contributed by atoms with van der Waals surface area (Å²) in [5, 5.41) is 4.08. The summed E-state index contributed by atoms with van der Waals surface area (Å²) in [6, 6.07) is 7.35. The third kappa shape index (κ3) is 3.33. The van der Waals surface area contributed by atoms with E-state index in [-0.39, 0.29) is 5.91 Å². The minimum absolute atomic E-state index is 0.310. The predicted molar refractivity (Wildman–Crippen MR) is 101 cm³/mol. The number of carbonyl (C=O) groups is 1. The smallest absolute Gasteiger partial charge is 0.258 e. The fraction of sp³-hybridized carbons (Fsp3) is 0.263. The van der Waals surface area contributed by atoms with Gasteiger partial charge in [0.25, 0.3) is 5.91 Å². The molecule has 2 aromatic heterocycles. The zero-order chi connectivity index (χ0) is 18.0. The first-order valence-corrected chi connectivity index (χ1v) is 8.54. The van der Waals surface area contributed by atoms with Crippen LogP contribution in [0, 0.1) is 6.92 Å². The highest BCUT2D eigenvalue weighted by atomic mass is 35.5. The van der Waals surface area contributed by atoms with Gasteiger partial charge in [0, 0.05) is 24.8 Å². The van der Waals surface area contributed by atoms with E-state index in [1.807, 2.05) is 49.9 Å². The molecule has 3 aromatic rings. The maximum Gasteiger partial charge on any atom is 0.258 e. The summed E-state index contributed by atoms with van der Waals surface area (Å²) in [7, 11) is 1.90. The van der Waals surface area contributed by atoms with E-state index in [2.05, 4.69) is 10.3 Å². The van der Waals surface area contributed by atoms with E-state index < -0.39 is 0 Å². The zero-order valence-electron chi connectivity index (χ0n) is 14.5. The van der Waals surface area contributed by atoms with Crippen molar-refractivity contribution in [1.29, 1.82) is 0 Å². The van der Waals surface area contributed by atoms with Crippen molar-refractivity contribution in [2.45, 2.75) is 20.3 Å². The molecule has 1 amide bonds. The van der Waals surface area contributed by atoms with Crippen LogP contribution in [-0.4, -0.2) is 22.1 Å². The molecule has 0 unspecified atom stereocenters. The minimum atomic E-state index is -0.310. The van der Waals surface area contributed by atoms with Crippen LogP contribution in [0.4, 0.5) is 5.69 Å². The normalized spacial score (nSPS) is 10.9. The number of pyridine rings is 1. The lowest BCUT2D eigenvalue weighted by atomic mass is 10.1. The number of carbonyl (C=O) groups excluding carboxylic acids is 1. The summed E-state index contributed by atoms with van der Waals surface area (Å²) in [6.07, 6.45) is 4.34. The largest absolute Gasteiger partial charge is 0.491 e. The lowest BCUT2D eigenvalue weighted by molar-refractivity contribution is 0.102. The number of ether oxygens (including phenoxy) is 1. The van der Waals surface area contributed by atoms with Gasteiger partial charge in [0.15, 0.2) is 0 Å². The molecular weight excluding hydrogens is 338 g/mol. The molecule has 0 radical (unpaired) electrons. The van der Waals surface area contributed by atoms with Gasteiger partial charge in [-0.3, -0.25) is 4.79 Å². The van der Waals surface area contributed by atoms with Crippen LogP contribution < -0.4 is 10.1 Å². The first kappa shape index (κ1) is 17.3. The lowest BCUT2D eigenvalue weighted by Crippen LogP contribution is -2.14. The first-order valence-electron chi connectivity index (χ1n) is 8.16. The number of aromatic nitrogens is 2. The Labute approximate surface area is 151 Å². The van der Waals surface area contributed by atoms with Crippen molar-refractivity contribution in [2.75, 3.05) is 11.9 Å². The van der Waals surface area contributed by atoms with E-state index in [4.69, 9.17) is 16.3 Å². The molecule has 1 N–H and O–H groups in total. The Morgan fingerprint density at radius 1 is 1.36 bits per heavy atom. The van der Waals surface area contributed by atoms with Gasteiger partial charge in [-0.1, -0.05) is 30.7 Å². The lowest BCUT2D eigenvalue weighted by Gasteiger charge is -2.12. The quantitative estimate of drug-likeness (QED) is 0.727. The number of nitrogens with zero attached hydrogens (tertiary/aromatic N) is 2. The highest BCUT2D eigenvalue weighted by Gasteiger charge is 2.18. The Morgan fingerprint density at radius 2 is 2.12 bits per heavy atom. The third-order valence-corrected chi connectivity index (χ3v) is 4.35. The SMILES string of the molecule is CCCOc1ccccc1NC(=O)c1cnc2c(c(C)cn2C)c1Cl.